The van der Waals surface area contributed by atoms with Crippen LogP contribution in [0.3, 0.4) is 0 Å². The molecule has 0 fully saturated rings. The zero-order valence-corrected chi connectivity index (χ0v) is 16.5. The van der Waals surface area contributed by atoms with Crippen molar-refractivity contribution < 1.29 is 4.42 Å². The molecule has 3 heterocycles. The van der Waals surface area contributed by atoms with Crippen LogP contribution in [0, 0.1) is 0 Å². The summed E-state index contributed by atoms with van der Waals surface area (Å²) in [6.07, 6.45) is 2.74. The van der Waals surface area contributed by atoms with Gasteiger partial charge in [0, 0.05) is 22.4 Å². The molecule has 1 aliphatic rings. The van der Waals surface area contributed by atoms with Crippen molar-refractivity contribution in [2.45, 2.75) is 33.1 Å². The highest BCUT2D eigenvalue weighted by Gasteiger charge is 2.23. The van der Waals surface area contributed by atoms with Gasteiger partial charge >= 0.3 is 5.76 Å². The summed E-state index contributed by atoms with van der Waals surface area (Å²) in [5, 5.41) is 10.4. The molecule has 2 aromatic carbocycles. The minimum atomic E-state index is -0.437. The molecule has 0 aliphatic carbocycles. The number of rotatable bonds is 3. The van der Waals surface area contributed by atoms with Crippen LogP contribution in [0.1, 0.15) is 41.8 Å². The Balaban J connectivity index is 1.81. The first-order valence-corrected chi connectivity index (χ1v) is 10.2. The van der Waals surface area contributed by atoms with Gasteiger partial charge in [0.2, 0.25) is 0 Å². The van der Waals surface area contributed by atoms with E-state index in [-0.39, 0.29) is 0 Å². The van der Waals surface area contributed by atoms with Crippen molar-refractivity contribution in [1.82, 2.24) is 4.98 Å². The normalized spacial score (nSPS) is 14.1. The van der Waals surface area contributed by atoms with Gasteiger partial charge in [-0.15, -0.1) is 16.4 Å². The second-order valence-corrected chi connectivity index (χ2v) is 8.19. The number of aromatic amines is 1. The third-order valence-electron chi connectivity index (χ3n) is 5.08. The molecule has 0 atom stereocenters. The molecule has 140 valence electrons. The van der Waals surface area contributed by atoms with Crippen molar-refractivity contribution in [1.29, 1.82) is 0 Å². The van der Waals surface area contributed by atoms with Crippen LogP contribution in [0.5, 0.6) is 0 Å². The van der Waals surface area contributed by atoms with E-state index < -0.39 is 5.76 Å². The Kier molecular flexibility index (Phi) is 4.02. The predicted molar refractivity (Wildman–Crippen MR) is 115 cm³/mol. The van der Waals surface area contributed by atoms with E-state index in [2.05, 4.69) is 46.4 Å². The number of oxazole rings is 1. The summed E-state index contributed by atoms with van der Waals surface area (Å²) >= 11 is 1.75. The van der Waals surface area contributed by atoms with E-state index in [1.165, 1.54) is 15.6 Å². The summed E-state index contributed by atoms with van der Waals surface area (Å²) in [5.41, 5.74) is 6.47. The molecule has 1 aliphatic heterocycles. The van der Waals surface area contributed by atoms with Crippen molar-refractivity contribution in [2.24, 2.45) is 10.2 Å². The Morgan fingerprint density at radius 2 is 2.07 bits per heavy atom. The van der Waals surface area contributed by atoms with Crippen LogP contribution in [0.25, 0.3) is 21.2 Å². The van der Waals surface area contributed by atoms with E-state index in [9.17, 15) is 4.79 Å². The fourth-order valence-corrected chi connectivity index (χ4v) is 5.12. The van der Waals surface area contributed by atoms with E-state index in [1.807, 2.05) is 19.1 Å². The Morgan fingerprint density at radius 3 is 2.93 bits per heavy atom. The smallest absolute Gasteiger partial charge is 0.408 e. The lowest BCUT2D eigenvalue weighted by atomic mass is 9.95. The first-order chi connectivity index (χ1) is 13.6. The van der Waals surface area contributed by atoms with Gasteiger partial charge in [-0.2, -0.15) is 5.10 Å². The Morgan fingerprint density at radius 1 is 1.21 bits per heavy atom. The summed E-state index contributed by atoms with van der Waals surface area (Å²) in [6.45, 7) is 4.18. The van der Waals surface area contributed by atoms with E-state index in [0.717, 1.165) is 40.3 Å². The van der Waals surface area contributed by atoms with Crippen LogP contribution in [-0.2, 0) is 12.8 Å². The largest absolute Gasteiger partial charge is 0.417 e. The standard InChI is InChI=1S/C22H19N3O2S/c1-3-6-15-14-7-4-5-8-19(14)28-21(15)20-16-11-18-17(23-22(26)27-18)10-13(16)9-12(2)24-25-20/h4-5,7-8,10-11H,3,6,9H2,1-2H3,(H,23,26). The number of hydrogen-bond acceptors (Lipinski definition) is 5. The van der Waals surface area contributed by atoms with Gasteiger partial charge in [0.05, 0.1) is 10.4 Å². The van der Waals surface area contributed by atoms with E-state index >= 15 is 0 Å². The molecular weight excluding hydrogens is 370 g/mol. The van der Waals surface area contributed by atoms with Crippen molar-refractivity contribution in [3.05, 3.63) is 68.5 Å². The van der Waals surface area contributed by atoms with Gasteiger partial charge in [0.1, 0.15) is 5.71 Å². The highest BCUT2D eigenvalue weighted by atomic mass is 32.1. The average molecular weight is 389 g/mol. The van der Waals surface area contributed by atoms with Gasteiger partial charge in [0.25, 0.3) is 0 Å². The lowest BCUT2D eigenvalue weighted by Gasteiger charge is -2.10. The fourth-order valence-electron chi connectivity index (χ4n) is 3.87. The minimum Gasteiger partial charge on any atom is -0.408 e. The summed E-state index contributed by atoms with van der Waals surface area (Å²) in [5.74, 6) is -0.437. The van der Waals surface area contributed by atoms with Gasteiger partial charge in [-0.25, -0.2) is 4.79 Å². The number of fused-ring (bicyclic) bond motifs is 3. The topological polar surface area (TPSA) is 70.7 Å². The molecule has 5 nitrogen and oxygen atoms in total. The average Bonchev–Trinajstić information content (AvgIpc) is 3.17. The van der Waals surface area contributed by atoms with Crippen molar-refractivity contribution >= 4 is 43.9 Å². The molecule has 0 amide bonds. The van der Waals surface area contributed by atoms with E-state index in [0.29, 0.717) is 17.5 Å². The number of H-pyrrole nitrogens is 1. The van der Waals surface area contributed by atoms with Crippen molar-refractivity contribution in [2.75, 3.05) is 0 Å². The molecule has 0 saturated heterocycles. The third kappa shape index (κ3) is 2.72. The summed E-state index contributed by atoms with van der Waals surface area (Å²) in [4.78, 5) is 15.6. The SMILES string of the molecule is CCCc1c(C2=NN=C(C)Cc3cc4[nH]c(=O)oc4cc32)sc2ccccc12. The highest BCUT2D eigenvalue weighted by molar-refractivity contribution is 7.21. The summed E-state index contributed by atoms with van der Waals surface area (Å²) in [7, 11) is 0. The molecule has 0 saturated carbocycles. The number of nitrogens with zero attached hydrogens (tertiary/aromatic N) is 2. The number of thiophene rings is 1. The first kappa shape index (κ1) is 17.1. The Labute approximate surface area is 165 Å². The molecule has 0 spiro atoms. The van der Waals surface area contributed by atoms with Crippen molar-refractivity contribution in [3.8, 4) is 0 Å². The predicted octanol–water partition coefficient (Wildman–Crippen LogP) is 5.06. The molecule has 0 radical (unpaired) electrons. The molecule has 28 heavy (non-hydrogen) atoms. The number of aromatic nitrogens is 1. The quantitative estimate of drug-likeness (QED) is 0.532. The number of aryl methyl sites for hydroxylation is 1. The van der Waals surface area contributed by atoms with Gasteiger partial charge in [-0.3, -0.25) is 4.98 Å². The van der Waals surface area contributed by atoms with Gasteiger partial charge in [-0.1, -0.05) is 31.5 Å². The van der Waals surface area contributed by atoms with Crippen LogP contribution in [0.4, 0.5) is 0 Å². The van der Waals surface area contributed by atoms with Crippen LogP contribution >= 0.6 is 11.3 Å². The second-order valence-electron chi connectivity index (χ2n) is 7.14. The Bertz CT molecular complexity index is 1340. The van der Waals surface area contributed by atoms with Crippen LogP contribution in [0.2, 0.25) is 0 Å². The maximum Gasteiger partial charge on any atom is 0.417 e. The molecule has 0 bridgehead atoms. The zero-order chi connectivity index (χ0) is 19.3. The Hall–Kier alpha value is -2.99. The first-order valence-electron chi connectivity index (χ1n) is 9.42. The monoisotopic (exact) mass is 389 g/mol. The van der Waals surface area contributed by atoms with Gasteiger partial charge in [-0.05, 0) is 48.1 Å². The van der Waals surface area contributed by atoms with E-state index in [1.54, 1.807) is 11.3 Å². The summed E-state index contributed by atoms with van der Waals surface area (Å²) < 4.78 is 6.58. The third-order valence-corrected chi connectivity index (χ3v) is 6.30. The lowest BCUT2D eigenvalue weighted by Crippen LogP contribution is -2.07. The molecule has 1 N–H and O–H groups in total. The second kappa shape index (κ2) is 6.56. The maximum absolute atomic E-state index is 11.7. The number of benzene rings is 2. The maximum atomic E-state index is 11.7. The number of nitrogens with one attached hydrogen (secondary N) is 1. The molecule has 5 rings (SSSR count). The van der Waals surface area contributed by atoms with Crippen LogP contribution < -0.4 is 5.76 Å². The highest BCUT2D eigenvalue weighted by Crippen LogP contribution is 2.36. The van der Waals surface area contributed by atoms with Gasteiger partial charge < -0.3 is 4.42 Å². The fraction of sp³-hybridized carbons (Fsp3) is 0.227. The lowest BCUT2D eigenvalue weighted by molar-refractivity contribution is 0.555. The number of hydrogen-bond donors (Lipinski definition) is 1. The molecule has 4 aromatic rings. The molecule has 2 aromatic heterocycles. The molecule has 6 heteroatoms. The van der Waals surface area contributed by atoms with Crippen molar-refractivity contribution in [3.63, 3.8) is 0 Å². The summed E-state index contributed by atoms with van der Waals surface area (Å²) in [6, 6.07) is 12.4. The molecule has 0 unspecified atom stereocenters. The van der Waals surface area contributed by atoms with Crippen LogP contribution in [0.15, 0.2) is 55.8 Å². The van der Waals surface area contributed by atoms with Crippen LogP contribution in [-0.4, -0.2) is 16.4 Å². The van der Waals surface area contributed by atoms with E-state index in [4.69, 9.17) is 4.42 Å². The minimum absolute atomic E-state index is 0.437. The molecular formula is C22H19N3O2S. The van der Waals surface area contributed by atoms with Gasteiger partial charge in [0.15, 0.2) is 5.58 Å². The zero-order valence-electron chi connectivity index (χ0n) is 15.7.